The number of piperidine rings is 1. The van der Waals surface area contributed by atoms with Crippen LogP contribution in [0.3, 0.4) is 0 Å². The van der Waals surface area contributed by atoms with Gasteiger partial charge in [-0.05, 0) is 19.3 Å². The van der Waals surface area contributed by atoms with E-state index in [1.54, 1.807) is 0 Å². The summed E-state index contributed by atoms with van der Waals surface area (Å²) in [6, 6.07) is 3.78. The number of rotatable bonds is 0. The van der Waals surface area contributed by atoms with Crippen molar-refractivity contribution in [1.29, 1.82) is 10.5 Å². The van der Waals surface area contributed by atoms with Crippen LogP contribution in [-0.2, 0) is 19.2 Å². The van der Waals surface area contributed by atoms with E-state index < -0.39 is 40.9 Å². The quantitative estimate of drug-likeness (QED) is 0.589. The summed E-state index contributed by atoms with van der Waals surface area (Å²) >= 11 is 0. The lowest BCUT2D eigenvalue weighted by atomic mass is 9.54. The molecule has 5 atom stereocenters. The van der Waals surface area contributed by atoms with Crippen molar-refractivity contribution in [1.82, 2.24) is 10.2 Å². The number of nitrogens with one attached hydrogen (secondary N) is 1. The smallest absolute Gasteiger partial charge is 0.244 e. The zero-order valence-electron chi connectivity index (χ0n) is 12.4. The fourth-order valence-corrected chi connectivity index (χ4v) is 4.29. The summed E-state index contributed by atoms with van der Waals surface area (Å²) in [5.41, 5.74) is -1.20. The summed E-state index contributed by atoms with van der Waals surface area (Å²) in [7, 11) is 1.40. The standard InChI is InChI=1S/C15H14N4O4/c1-19-13(22)7-2-3-15(4-8(7)14(19)23)9(5-16)11(20)18-12(21)10(15)6-17/h7-10H,2-4H2,1H3,(H,18,20,21)/t7-,8-,9-,10+,15?/m0/s1. The van der Waals surface area contributed by atoms with Gasteiger partial charge >= 0.3 is 0 Å². The molecule has 2 aliphatic heterocycles. The molecule has 0 aromatic heterocycles. The van der Waals surface area contributed by atoms with Gasteiger partial charge < -0.3 is 0 Å². The number of nitrogens with zero attached hydrogens (tertiary/aromatic N) is 3. The first-order chi connectivity index (χ1) is 10.9. The summed E-state index contributed by atoms with van der Waals surface area (Å²) < 4.78 is 0. The Kier molecular flexibility index (Phi) is 3.22. The number of fused-ring (bicyclic) bond motifs is 1. The normalized spacial score (nSPS) is 39.7. The lowest BCUT2D eigenvalue weighted by Crippen LogP contribution is -2.59. The van der Waals surface area contributed by atoms with Gasteiger partial charge in [0.25, 0.3) is 0 Å². The summed E-state index contributed by atoms with van der Waals surface area (Å²) in [5, 5.41) is 20.8. The lowest BCUT2D eigenvalue weighted by molar-refractivity contribution is -0.150. The molecule has 1 unspecified atom stereocenters. The minimum atomic E-state index is -1.20. The second-order valence-corrected chi connectivity index (χ2v) is 6.40. The van der Waals surface area contributed by atoms with E-state index in [0.29, 0.717) is 0 Å². The average Bonchev–Trinajstić information content (AvgIpc) is 2.72. The van der Waals surface area contributed by atoms with E-state index in [0.717, 1.165) is 4.90 Å². The van der Waals surface area contributed by atoms with Crippen molar-refractivity contribution < 1.29 is 19.2 Å². The van der Waals surface area contributed by atoms with Crippen LogP contribution in [0.25, 0.3) is 0 Å². The molecule has 0 aromatic rings. The number of imide groups is 2. The van der Waals surface area contributed by atoms with Crippen molar-refractivity contribution in [2.75, 3.05) is 7.05 Å². The van der Waals surface area contributed by atoms with Gasteiger partial charge in [-0.1, -0.05) is 0 Å². The molecule has 0 bridgehead atoms. The Hall–Kier alpha value is -2.74. The van der Waals surface area contributed by atoms with Crippen LogP contribution >= 0.6 is 0 Å². The highest BCUT2D eigenvalue weighted by Crippen LogP contribution is 2.55. The number of amides is 4. The summed E-state index contributed by atoms with van der Waals surface area (Å²) in [5.74, 6) is -5.63. The van der Waals surface area contributed by atoms with Gasteiger partial charge in [-0.3, -0.25) is 29.4 Å². The Labute approximate surface area is 132 Å². The van der Waals surface area contributed by atoms with Gasteiger partial charge in [0.05, 0.1) is 24.0 Å². The maximum absolute atomic E-state index is 12.3. The number of carbonyl (C=O) groups excluding carboxylic acids is 4. The van der Waals surface area contributed by atoms with E-state index in [2.05, 4.69) is 5.32 Å². The predicted molar refractivity (Wildman–Crippen MR) is 72.4 cm³/mol. The van der Waals surface area contributed by atoms with Gasteiger partial charge in [-0.2, -0.15) is 10.5 Å². The Morgan fingerprint density at radius 2 is 1.57 bits per heavy atom. The molecule has 23 heavy (non-hydrogen) atoms. The van der Waals surface area contributed by atoms with Gasteiger partial charge in [-0.15, -0.1) is 0 Å². The van der Waals surface area contributed by atoms with Crippen LogP contribution in [0.2, 0.25) is 0 Å². The van der Waals surface area contributed by atoms with Gasteiger partial charge in [0.2, 0.25) is 23.6 Å². The third-order valence-corrected chi connectivity index (χ3v) is 5.48. The Morgan fingerprint density at radius 3 is 2.09 bits per heavy atom. The lowest BCUT2D eigenvalue weighted by Gasteiger charge is -2.47. The minimum absolute atomic E-state index is 0.0300. The molecular formula is C15H14N4O4. The highest BCUT2D eigenvalue weighted by atomic mass is 16.2. The second kappa shape index (κ2) is 4.88. The molecule has 0 radical (unpaired) electrons. The van der Waals surface area contributed by atoms with E-state index in [9.17, 15) is 29.7 Å². The van der Waals surface area contributed by atoms with Crippen molar-refractivity contribution in [2.45, 2.75) is 19.3 Å². The maximum atomic E-state index is 12.3. The molecule has 118 valence electrons. The van der Waals surface area contributed by atoms with Crippen molar-refractivity contribution in [3.8, 4) is 12.1 Å². The van der Waals surface area contributed by atoms with Crippen LogP contribution in [0.5, 0.6) is 0 Å². The molecule has 3 aliphatic rings. The molecule has 3 fully saturated rings. The third-order valence-electron chi connectivity index (χ3n) is 5.48. The van der Waals surface area contributed by atoms with E-state index in [1.165, 1.54) is 7.05 Å². The number of hydrogen-bond acceptors (Lipinski definition) is 6. The molecule has 0 aromatic carbocycles. The van der Waals surface area contributed by atoms with Crippen molar-refractivity contribution >= 4 is 23.6 Å². The molecule has 1 spiro atoms. The number of hydrogen-bond donors (Lipinski definition) is 1. The summed E-state index contributed by atoms with van der Waals surface area (Å²) in [6.07, 6.45) is 0.537. The highest BCUT2D eigenvalue weighted by molar-refractivity contribution is 6.06. The first-order valence-corrected chi connectivity index (χ1v) is 7.32. The third kappa shape index (κ3) is 1.81. The minimum Gasteiger partial charge on any atom is -0.294 e. The topological polar surface area (TPSA) is 131 Å². The molecule has 1 N–H and O–H groups in total. The van der Waals surface area contributed by atoms with E-state index in [-0.39, 0.29) is 31.1 Å². The van der Waals surface area contributed by atoms with E-state index in [1.807, 2.05) is 12.1 Å². The van der Waals surface area contributed by atoms with Crippen LogP contribution in [0.15, 0.2) is 0 Å². The number of carbonyl (C=O) groups is 4. The van der Waals surface area contributed by atoms with Crippen LogP contribution in [0, 0.1) is 51.7 Å². The second-order valence-electron chi connectivity index (χ2n) is 6.40. The maximum Gasteiger partial charge on any atom is 0.244 e. The van der Waals surface area contributed by atoms with Crippen LogP contribution < -0.4 is 5.32 Å². The van der Waals surface area contributed by atoms with E-state index >= 15 is 0 Å². The van der Waals surface area contributed by atoms with Crippen molar-refractivity contribution in [3.63, 3.8) is 0 Å². The molecule has 2 saturated heterocycles. The summed E-state index contributed by atoms with van der Waals surface area (Å²) in [4.78, 5) is 49.5. The first-order valence-electron chi connectivity index (χ1n) is 7.32. The molecule has 1 saturated carbocycles. The SMILES string of the molecule is CN1C(=O)[C@H]2CCC3(C[C@@H]2C1=O)[C@H](C#N)C(=O)NC(=O)[C@@H]3C#N. The molecule has 4 amide bonds. The Balaban J connectivity index is 2.06. The first kappa shape index (κ1) is 15.2. The fourth-order valence-electron chi connectivity index (χ4n) is 4.29. The number of nitriles is 2. The van der Waals surface area contributed by atoms with Gasteiger partial charge in [0.15, 0.2) is 0 Å². The van der Waals surface area contributed by atoms with Crippen LogP contribution in [-0.4, -0.2) is 35.6 Å². The Morgan fingerprint density at radius 1 is 1.04 bits per heavy atom. The molecule has 8 heteroatoms. The summed E-state index contributed by atoms with van der Waals surface area (Å²) in [6.45, 7) is 0. The highest BCUT2D eigenvalue weighted by Gasteiger charge is 2.62. The molecule has 1 aliphatic carbocycles. The van der Waals surface area contributed by atoms with Gasteiger partial charge in [-0.25, -0.2) is 0 Å². The molecule has 2 heterocycles. The molecule has 8 nitrogen and oxygen atoms in total. The monoisotopic (exact) mass is 314 g/mol. The zero-order chi connectivity index (χ0) is 16.9. The van der Waals surface area contributed by atoms with Gasteiger partial charge in [0, 0.05) is 12.5 Å². The Bertz CT molecular complexity index is 684. The van der Waals surface area contributed by atoms with Crippen LogP contribution in [0.4, 0.5) is 0 Å². The molecule has 3 rings (SSSR count). The van der Waals surface area contributed by atoms with Crippen LogP contribution in [0.1, 0.15) is 19.3 Å². The molecular weight excluding hydrogens is 300 g/mol. The largest absolute Gasteiger partial charge is 0.294 e. The number of likely N-dealkylation sites (tertiary alicyclic amines) is 1. The van der Waals surface area contributed by atoms with Crippen molar-refractivity contribution in [2.24, 2.45) is 29.1 Å². The van der Waals surface area contributed by atoms with E-state index in [4.69, 9.17) is 0 Å². The fraction of sp³-hybridized carbons (Fsp3) is 0.600. The predicted octanol–water partition coefficient (Wildman–Crippen LogP) is -0.676. The van der Waals surface area contributed by atoms with Gasteiger partial charge in [0.1, 0.15) is 11.8 Å². The average molecular weight is 314 g/mol. The zero-order valence-corrected chi connectivity index (χ0v) is 12.4. The van der Waals surface area contributed by atoms with Crippen molar-refractivity contribution in [3.05, 3.63) is 0 Å².